The SMILES string of the molecule is CC(C(=O)O)c1nc2c(S(=O)(=O)c3ccccc3)nc3[nH]ccc3c2n1C1CCN(C(=O)OCc2ccccc2)CC1. The van der Waals surface area contributed by atoms with Crippen molar-refractivity contribution in [2.24, 2.45) is 0 Å². The van der Waals surface area contributed by atoms with E-state index in [9.17, 15) is 23.1 Å². The summed E-state index contributed by atoms with van der Waals surface area (Å²) in [5, 5.41) is 10.4. The van der Waals surface area contributed by atoms with Gasteiger partial charge in [-0.1, -0.05) is 48.5 Å². The van der Waals surface area contributed by atoms with Crippen LogP contribution in [-0.2, 0) is 26.0 Å². The standard InChI is InChI=1S/C30H29N5O6S/c1-19(29(36)37)27-32-24-25(23-12-15-31-26(23)33-28(24)42(39,40)22-10-6-3-7-11-22)35(27)21-13-16-34(17-14-21)30(38)41-18-20-8-4-2-5-9-20/h2-12,15,19,21H,13-14,16-18H2,1H3,(H,31,33)(H,36,37). The van der Waals surface area contributed by atoms with Gasteiger partial charge in [0.05, 0.1) is 10.4 Å². The van der Waals surface area contributed by atoms with Gasteiger partial charge in [0.2, 0.25) is 9.84 Å². The summed E-state index contributed by atoms with van der Waals surface area (Å²) in [4.78, 5) is 38.8. The van der Waals surface area contributed by atoms with Crippen LogP contribution in [0.2, 0.25) is 0 Å². The lowest BCUT2D eigenvalue weighted by molar-refractivity contribution is -0.138. The lowest BCUT2D eigenvalue weighted by Crippen LogP contribution is -2.39. The number of carbonyl (C=O) groups excluding carboxylic acids is 1. The number of likely N-dealkylation sites (tertiary alicyclic amines) is 1. The minimum atomic E-state index is -4.09. The van der Waals surface area contributed by atoms with Gasteiger partial charge in [-0.05, 0) is 43.5 Å². The molecular formula is C30H29N5O6S. The monoisotopic (exact) mass is 587 g/mol. The number of piperidine rings is 1. The van der Waals surface area contributed by atoms with E-state index in [-0.39, 0.29) is 33.9 Å². The molecule has 2 aromatic carbocycles. The summed E-state index contributed by atoms with van der Waals surface area (Å²) >= 11 is 0. The Morgan fingerprint density at radius 2 is 1.69 bits per heavy atom. The Hall–Kier alpha value is -4.71. The van der Waals surface area contributed by atoms with Crippen LogP contribution in [0.4, 0.5) is 4.79 Å². The van der Waals surface area contributed by atoms with Crippen molar-refractivity contribution < 1.29 is 27.9 Å². The highest BCUT2D eigenvalue weighted by molar-refractivity contribution is 7.91. The number of rotatable bonds is 7. The summed E-state index contributed by atoms with van der Waals surface area (Å²) in [5.41, 5.74) is 1.88. The topological polar surface area (TPSA) is 147 Å². The van der Waals surface area contributed by atoms with Crippen molar-refractivity contribution >= 4 is 44.0 Å². The van der Waals surface area contributed by atoms with E-state index in [1.807, 2.05) is 34.9 Å². The van der Waals surface area contributed by atoms with E-state index in [1.54, 1.807) is 35.4 Å². The van der Waals surface area contributed by atoms with Gasteiger partial charge in [-0.2, -0.15) is 0 Å². The number of amides is 1. The van der Waals surface area contributed by atoms with E-state index in [1.165, 1.54) is 19.1 Å². The zero-order chi connectivity index (χ0) is 29.4. The first-order valence-corrected chi connectivity index (χ1v) is 15.1. The number of hydrogen-bond acceptors (Lipinski definition) is 7. The molecule has 12 heteroatoms. The quantitative estimate of drug-likeness (QED) is 0.273. The normalized spacial score (nSPS) is 15.2. The maximum Gasteiger partial charge on any atom is 0.410 e. The number of benzene rings is 2. The fraction of sp³-hybridized carbons (Fsp3) is 0.267. The third-order valence-corrected chi connectivity index (χ3v) is 9.38. The molecule has 1 atom stereocenters. The number of fused-ring (bicyclic) bond motifs is 3. The predicted molar refractivity (Wildman–Crippen MR) is 154 cm³/mol. The number of aromatic nitrogens is 4. The van der Waals surface area contributed by atoms with E-state index in [2.05, 4.69) is 15.0 Å². The molecule has 0 spiro atoms. The molecule has 216 valence electrons. The van der Waals surface area contributed by atoms with Crippen LogP contribution in [0.5, 0.6) is 0 Å². The van der Waals surface area contributed by atoms with Crippen LogP contribution in [0.25, 0.3) is 22.1 Å². The molecule has 42 heavy (non-hydrogen) atoms. The fourth-order valence-corrected chi connectivity index (χ4v) is 6.80. The van der Waals surface area contributed by atoms with Gasteiger partial charge in [0.1, 0.15) is 29.5 Å². The van der Waals surface area contributed by atoms with Crippen molar-refractivity contribution in [3.63, 3.8) is 0 Å². The summed E-state index contributed by atoms with van der Waals surface area (Å²) in [6, 6.07) is 19.0. The first-order valence-electron chi connectivity index (χ1n) is 13.6. The van der Waals surface area contributed by atoms with Gasteiger partial charge in [0.25, 0.3) is 0 Å². The number of ether oxygens (including phenoxy) is 1. The van der Waals surface area contributed by atoms with Crippen LogP contribution >= 0.6 is 0 Å². The highest BCUT2D eigenvalue weighted by Gasteiger charge is 2.34. The van der Waals surface area contributed by atoms with Crippen molar-refractivity contribution in [3.8, 4) is 0 Å². The number of carboxylic acids is 1. The van der Waals surface area contributed by atoms with Crippen LogP contribution in [0.3, 0.4) is 0 Å². The summed E-state index contributed by atoms with van der Waals surface area (Å²) in [5.74, 6) is -1.87. The number of hydrogen-bond donors (Lipinski definition) is 2. The summed E-state index contributed by atoms with van der Waals surface area (Å²) in [6.07, 6.45) is 2.25. The molecule has 1 amide bonds. The Morgan fingerprint density at radius 1 is 1.02 bits per heavy atom. The van der Waals surface area contributed by atoms with Gasteiger partial charge >= 0.3 is 12.1 Å². The minimum absolute atomic E-state index is 0.0643. The average molecular weight is 588 g/mol. The van der Waals surface area contributed by atoms with E-state index in [0.717, 1.165) is 5.56 Å². The molecule has 0 saturated carbocycles. The highest BCUT2D eigenvalue weighted by atomic mass is 32.2. The van der Waals surface area contributed by atoms with Crippen LogP contribution in [0.15, 0.2) is 82.8 Å². The zero-order valence-electron chi connectivity index (χ0n) is 22.8. The third kappa shape index (κ3) is 4.87. The van der Waals surface area contributed by atoms with Crippen molar-refractivity contribution in [3.05, 3.63) is 84.3 Å². The first-order chi connectivity index (χ1) is 20.3. The smallest absolute Gasteiger partial charge is 0.410 e. The summed E-state index contributed by atoms with van der Waals surface area (Å²) in [7, 11) is -4.09. The largest absolute Gasteiger partial charge is 0.481 e. The number of aliphatic carboxylic acids is 1. The number of aromatic amines is 1. The maximum atomic E-state index is 13.8. The number of carbonyl (C=O) groups is 2. The molecule has 3 aromatic heterocycles. The molecule has 1 unspecified atom stereocenters. The van der Waals surface area contributed by atoms with Gasteiger partial charge in [-0.15, -0.1) is 0 Å². The second kappa shape index (κ2) is 10.9. The molecule has 1 fully saturated rings. The fourth-order valence-electron chi connectivity index (χ4n) is 5.46. The zero-order valence-corrected chi connectivity index (χ0v) is 23.6. The number of pyridine rings is 1. The number of carboxylic acid groups (broad SMARTS) is 1. The van der Waals surface area contributed by atoms with Gasteiger partial charge in [-0.25, -0.2) is 23.2 Å². The van der Waals surface area contributed by atoms with Gasteiger partial charge in [0, 0.05) is 30.7 Å². The Balaban J connectivity index is 1.39. The second-order valence-electron chi connectivity index (χ2n) is 10.3. The van der Waals surface area contributed by atoms with Crippen LogP contribution < -0.4 is 0 Å². The second-order valence-corrected chi connectivity index (χ2v) is 12.2. The number of nitrogens with zero attached hydrogens (tertiary/aromatic N) is 4. The van der Waals surface area contributed by atoms with Gasteiger partial charge in [-0.3, -0.25) is 4.79 Å². The maximum absolute atomic E-state index is 13.8. The minimum Gasteiger partial charge on any atom is -0.481 e. The van der Waals surface area contributed by atoms with E-state index < -0.39 is 27.8 Å². The molecule has 4 heterocycles. The van der Waals surface area contributed by atoms with Crippen LogP contribution in [0.1, 0.15) is 43.1 Å². The van der Waals surface area contributed by atoms with E-state index in [4.69, 9.17) is 4.74 Å². The Bertz CT molecular complexity index is 1880. The molecule has 0 bridgehead atoms. The Kier molecular flexibility index (Phi) is 7.15. The molecule has 2 N–H and O–H groups in total. The molecule has 0 aliphatic carbocycles. The van der Waals surface area contributed by atoms with E-state index in [0.29, 0.717) is 42.5 Å². The van der Waals surface area contributed by atoms with Crippen LogP contribution in [0, 0.1) is 0 Å². The predicted octanol–water partition coefficient (Wildman–Crippen LogP) is 4.91. The van der Waals surface area contributed by atoms with E-state index >= 15 is 0 Å². The first kappa shape index (κ1) is 27.5. The lowest BCUT2D eigenvalue weighted by atomic mass is 10.0. The molecule has 6 rings (SSSR count). The molecule has 5 aromatic rings. The summed E-state index contributed by atoms with van der Waals surface area (Å²) < 4.78 is 35.0. The lowest BCUT2D eigenvalue weighted by Gasteiger charge is -2.33. The average Bonchev–Trinajstić information content (AvgIpc) is 3.65. The molecule has 0 radical (unpaired) electrons. The number of H-pyrrole nitrogens is 1. The summed E-state index contributed by atoms with van der Waals surface area (Å²) in [6.45, 7) is 2.47. The Labute approximate surface area is 241 Å². The number of nitrogens with one attached hydrogen (secondary N) is 1. The molecular weight excluding hydrogens is 558 g/mol. The van der Waals surface area contributed by atoms with Crippen molar-refractivity contribution in [1.82, 2.24) is 24.4 Å². The third-order valence-electron chi connectivity index (χ3n) is 7.69. The van der Waals surface area contributed by atoms with Crippen LogP contribution in [-0.4, -0.2) is 63.1 Å². The number of sulfone groups is 1. The Morgan fingerprint density at radius 3 is 2.36 bits per heavy atom. The van der Waals surface area contributed by atoms with Gasteiger partial charge in [0.15, 0.2) is 5.03 Å². The molecule has 1 aliphatic rings. The van der Waals surface area contributed by atoms with Gasteiger partial charge < -0.3 is 24.3 Å². The molecule has 11 nitrogen and oxygen atoms in total. The molecule has 1 aliphatic heterocycles. The van der Waals surface area contributed by atoms with Crippen molar-refractivity contribution in [2.75, 3.05) is 13.1 Å². The highest BCUT2D eigenvalue weighted by Crippen LogP contribution is 2.38. The molecule has 1 saturated heterocycles. The van der Waals surface area contributed by atoms with Crippen molar-refractivity contribution in [2.45, 2.75) is 48.3 Å². The number of imidazole rings is 1. The van der Waals surface area contributed by atoms with Crippen molar-refractivity contribution in [1.29, 1.82) is 0 Å².